The van der Waals surface area contributed by atoms with Gasteiger partial charge in [-0.1, -0.05) is 42.5 Å². The van der Waals surface area contributed by atoms with Crippen LogP contribution in [-0.4, -0.2) is 18.5 Å². The summed E-state index contributed by atoms with van der Waals surface area (Å²) in [5, 5.41) is 0. The van der Waals surface area contributed by atoms with Gasteiger partial charge in [-0.15, -0.1) is 0 Å². The molecule has 0 aromatic heterocycles. The van der Waals surface area contributed by atoms with Crippen molar-refractivity contribution in [2.45, 2.75) is 18.4 Å². The Labute approximate surface area is 178 Å². The first kappa shape index (κ1) is 20.5. The summed E-state index contributed by atoms with van der Waals surface area (Å²) in [6.45, 7) is 0.274. The minimum Gasteiger partial charge on any atom is -0.437 e. The summed E-state index contributed by atoms with van der Waals surface area (Å²) in [6, 6.07) is 19.1. The molecule has 1 fully saturated rings. The van der Waals surface area contributed by atoms with E-state index in [1.807, 2.05) is 6.07 Å². The number of carbonyl (C=O) groups excluding carboxylic acids is 2. The van der Waals surface area contributed by atoms with Crippen LogP contribution in [0.2, 0.25) is 0 Å². The Morgan fingerprint density at radius 1 is 1.03 bits per heavy atom. The van der Waals surface area contributed by atoms with E-state index >= 15 is 0 Å². The zero-order valence-electron chi connectivity index (χ0n) is 16.6. The summed E-state index contributed by atoms with van der Waals surface area (Å²) < 4.78 is 33.2. The second kappa shape index (κ2) is 8.18. The van der Waals surface area contributed by atoms with Gasteiger partial charge in [0, 0.05) is 30.3 Å². The number of halogens is 2. The molecule has 0 saturated carbocycles. The fourth-order valence-electron chi connectivity index (χ4n) is 3.91. The topological polar surface area (TPSA) is 72.6 Å². The number of benzene rings is 3. The third kappa shape index (κ3) is 4.12. The second-order valence-electron chi connectivity index (χ2n) is 7.45. The van der Waals surface area contributed by atoms with Crippen LogP contribution in [0.1, 0.15) is 18.4 Å². The monoisotopic (exact) mass is 422 g/mol. The van der Waals surface area contributed by atoms with Crippen molar-refractivity contribution in [3.63, 3.8) is 0 Å². The molecule has 1 atom stereocenters. The predicted octanol–water partition coefficient (Wildman–Crippen LogP) is 4.75. The van der Waals surface area contributed by atoms with E-state index in [0.29, 0.717) is 23.2 Å². The van der Waals surface area contributed by atoms with Crippen molar-refractivity contribution >= 4 is 17.7 Å². The van der Waals surface area contributed by atoms with Gasteiger partial charge in [0.05, 0.1) is 6.42 Å². The Kier molecular flexibility index (Phi) is 5.42. The lowest BCUT2D eigenvalue weighted by atomic mass is 9.85. The van der Waals surface area contributed by atoms with Gasteiger partial charge in [0.2, 0.25) is 5.91 Å². The molecular formula is C24H20F2N2O3. The molecule has 0 radical (unpaired) electrons. The van der Waals surface area contributed by atoms with E-state index in [9.17, 15) is 18.4 Å². The number of nitrogens with two attached hydrogens (primary N) is 1. The third-order valence-electron chi connectivity index (χ3n) is 5.40. The predicted molar refractivity (Wildman–Crippen MR) is 112 cm³/mol. The Balaban J connectivity index is 1.63. The number of ether oxygens (including phenoxy) is 1. The first-order chi connectivity index (χ1) is 14.9. The second-order valence-corrected chi connectivity index (χ2v) is 7.45. The van der Waals surface area contributed by atoms with Crippen LogP contribution in [0.5, 0.6) is 0 Å². The van der Waals surface area contributed by atoms with Crippen molar-refractivity contribution in [3.05, 3.63) is 90.0 Å². The van der Waals surface area contributed by atoms with Crippen LogP contribution in [0.25, 0.3) is 11.1 Å². The lowest BCUT2D eigenvalue weighted by Crippen LogP contribution is -2.49. The van der Waals surface area contributed by atoms with Gasteiger partial charge in [-0.05, 0) is 35.4 Å². The highest BCUT2D eigenvalue weighted by Crippen LogP contribution is 2.39. The molecule has 3 aromatic carbocycles. The molecule has 4 rings (SSSR count). The molecule has 1 aliphatic rings. The molecule has 5 nitrogen and oxygen atoms in total. The molecule has 31 heavy (non-hydrogen) atoms. The fraction of sp³-hybridized carbons (Fsp3) is 0.167. The summed E-state index contributed by atoms with van der Waals surface area (Å²) in [4.78, 5) is 26.1. The van der Waals surface area contributed by atoms with Gasteiger partial charge in [-0.25, -0.2) is 13.6 Å². The Bertz CT molecular complexity index is 1140. The van der Waals surface area contributed by atoms with Crippen LogP contribution in [0.15, 0.2) is 72.8 Å². The molecule has 2 amide bonds. The van der Waals surface area contributed by atoms with Crippen molar-refractivity contribution in [2.24, 2.45) is 5.73 Å². The molecule has 0 aliphatic carbocycles. The maximum Gasteiger partial charge on any atom is 0.415 e. The zero-order valence-corrected chi connectivity index (χ0v) is 16.6. The lowest BCUT2D eigenvalue weighted by Gasteiger charge is -2.41. The van der Waals surface area contributed by atoms with Gasteiger partial charge in [-0.3, -0.25) is 9.69 Å². The van der Waals surface area contributed by atoms with Gasteiger partial charge >= 0.3 is 6.09 Å². The smallest absolute Gasteiger partial charge is 0.415 e. The van der Waals surface area contributed by atoms with Crippen LogP contribution in [0, 0.1) is 11.6 Å². The van der Waals surface area contributed by atoms with E-state index in [2.05, 4.69) is 0 Å². The lowest BCUT2D eigenvalue weighted by molar-refractivity contribution is -0.124. The van der Waals surface area contributed by atoms with E-state index < -0.39 is 29.2 Å². The highest BCUT2D eigenvalue weighted by Gasteiger charge is 2.43. The van der Waals surface area contributed by atoms with Gasteiger partial charge in [0.15, 0.2) is 0 Å². The maximum absolute atomic E-state index is 14.2. The van der Waals surface area contributed by atoms with E-state index in [1.165, 1.54) is 17.0 Å². The van der Waals surface area contributed by atoms with Gasteiger partial charge in [0.1, 0.15) is 17.2 Å². The summed E-state index contributed by atoms with van der Waals surface area (Å²) in [5.41, 5.74) is 6.23. The number of hydrogen-bond donors (Lipinski definition) is 1. The molecule has 2 N–H and O–H groups in total. The molecule has 1 saturated heterocycles. The fourth-order valence-corrected chi connectivity index (χ4v) is 3.91. The molecule has 1 aliphatic heterocycles. The summed E-state index contributed by atoms with van der Waals surface area (Å²) in [7, 11) is 0. The molecule has 158 valence electrons. The number of rotatable bonds is 5. The molecule has 7 heteroatoms. The number of primary amides is 1. The van der Waals surface area contributed by atoms with Crippen molar-refractivity contribution in [1.29, 1.82) is 0 Å². The highest BCUT2D eigenvalue weighted by atomic mass is 19.1. The third-order valence-corrected chi connectivity index (χ3v) is 5.40. The quantitative estimate of drug-likeness (QED) is 0.645. The van der Waals surface area contributed by atoms with Crippen LogP contribution in [0.3, 0.4) is 0 Å². The van der Waals surface area contributed by atoms with Crippen LogP contribution < -0.4 is 10.6 Å². The number of amides is 2. The Hall–Kier alpha value is -3.74. The largest absolute Gasteiger partial charge is 0.437 e. The van der Waals surface area contributed by atoms with Crippen LogP contribution in [0.4, 0.5) is 19.3 Å². The van der Waals surface area contributed by atoms with Crippen LogP contribution in [-0.2, 0) is 15.1 Å². The number of nitrogens with zero attached hydrogens (tertiary/aromatic N) is 1. The van der Waals surface area contributed by atoms with Crippen molar-refractivity contribution < 1.29 is 23.1 Å². The molecule has 1 heterocycles. The summed E-state index contributed by atoms with van der Waals surface area (Å²) >= 11 is 0. The minimum absolute atomic E-state index is 0.128. The van der Waals surface area contributed by atoms with Crippen molar-refractivity contribution in [1.82, 2.24) is 0 Å². The average molecular weight is 422 g/mol. The van der Waals surface area contributed by atoms with Gasteiger partial charge in [-0.2, -0.15) is 0 Å². The number of cyclic esters (lactones) is 1. The standard InChI is InChI=1S/C24H20F2N2O3/c25-18-9-10-20(21(26)14-18)16-5-4-8-19(13-16)28-12-11-24(15-22(27)29,31-23(28)30)17-6-2-1-3-7-17/h1-10,13-14H,11-12,15H2,(H2,27,29)/t24-/m0/s1. The molecule has 0 unspecified atom stereocenters. The van der Waals surface area contributed by atoms with Crippen molar-refractivity contribution in [3.8, 4) is 11.1 Å². The number of anilines is 1. The molecule has 0 bridgehead atoms. The number of hydrogen-bond acceptors (Lipinski definition) is 3. The van der Waals surface area contributed by atoms with E-state index in [-0.39, 0.29) is 18.5 Å². The number of carbonyl (C=O) groups is 2. The normalized spacial score (nSPS) is 18.5. The molecule has 3 aromatic rings. The van der Waals surface area contributed by atoms with Gasteiger partial charge in [0.25, 0.3) is 0 Å². The van der Waals surface area contributed by atoms with Crippen LogP contribution >= 0.6 is 0 Å². The average Bonchev–Trinajstić information content (AvgIpc) is 2.74. The van der Waals surface area contributed by atoms with Gasteiger partial charge < -0.3 is 10.5 Å². The van der Waals surface area contributed by atoms with E-state index in [0.717, 1.165) is 6.07 Å². The summed E-state index contributed by atoms with van der Waals surface area (Å²) in [5.74, 6) is -1.93. The van der Waals surface area contributed by atoms with E-state index in [4.69, 9.17) is 10.5 Å². The molecular weight excluding hydrogens is 402 g/mol. The maximum atomic E-state index is 14.2. The van der Waals surface area contributed by atoms with E-state index in [1.54, 1.807) is 48.5 Å². The summed E-state index contributed by atoms with van der Waals surface area (Å²) in [6.07, 6.45) is -0.411. The SMILES string of the molecule is NC(=O)C[C@]1(c2ccccc2)CCN(c2cccc(-c3ccc(F)cc3F)c2)C(=O)O1. The first-order valence-corrected chi connectivity index (χ1v) is 9.78. The molecule has 0 spiro atoms. The Morgan fingerprint density at radius 2 is 1.81 bits per heavy atom. The Morgan fingerprint density at radius 3 is 2.48 bits per heavy atom. The van der Waals surface area contributed by atoms with Crippen molar-refractivity contribution in [2.75, 3.05) is 11.4 Å². The zero-order chi connectivity index (χ0) is 22.0. The minimum atomic E-state index is -1.14. The first-order valence-electron chi connectivity index (χ1n) is 9.78. The highest BCUT2D eigenvalue weighted by molar-refractivity contribution is 5.90.